The number of hydrogen-bond donors (Lipinski definition) is 0. The first-order valence-corrected chi connectivity index (χ1v) is 4.09. The van der Waals surface area contributed by atoms with E-state index < -0.39 is 0 Å². The van der Waals surface area contributed by atoms with Crippen LogP contribution < -0.4 is 0 Å². The second kappa shape index (κ2) is 2.79. The van der Waals surface area contributed by atoms with Crippen LogP contribution in [0.4, 0.5) is 0 Å². The van der Waals surface area contributed by atoms with Gasteiger partial charge < -0.3 is 0 Å². The van der Waals surface area contributed by atoms with Crippen LogP contribution >= 0.6 is 11.3 Å². The minimum atomic E-state index is 0.712. The highest BCUT2D eigenvalue weighted by atomic mass is 32.1. The van der Waals surface area contributed by atoms with Gasteiger partial charge in [0.05, 0.1) is 17.7 Å². The molecular weight excluding hydrogens is 160 g/mol. The largest absolute Gasteiger partial charge is 0.248 e. The molecule has 0 saturated carbocycles. The zero-order valence-electron chi connectivity index (χ0n) is 5.71. The van der Waals surface area contributed by atoms with Crippen molar-refractivity contribution in [2.75, 3.05) is 0 Å². The van der Waals surface area contributed by atoms with Crippen LogP contribution in [0.1, 0.15) is 5.69 Å². The van der Waals surface area contributed by atoms with Crippen molar-refractivity contribution in [1.82, 2.24) is 19.7 Å². The average molecular weight is 166 g/mol. The molecule has 5 heteroatoms. The lowest BCUT2D eigenvalue weighted by Crippen LogP contribution is -1.99. The normalized spacial score (nSPS) is 10.2. The van der Waals surface area contributed by atoms with Crippen molar-refractivity contribution in [3.8, 4) is 0 Å². The summed E-state index contributed by atoms with van der Waals surface area (Å²) < 4.78 is 1.75. The van der Waals surface area contributed by atoms with Gasteiger partial charge in [0.2, 0.25) is 0 Å². The molecule has 0 amide bonds. The fraction of sp³-hybridized carbons (Fsp3) is 0.167. The van der Waals surface area contributed by atoms with Crippen LogP contribution in [-0.4, -0.2) is 19.7 Å². The first-order valence-electron chi connectivity index (χ1n) is 3.14. The molecule has 0 aliphatic carbocycles. The molecule has 0 atom stereocenters. The molecule has 2 aromatic heterocycles. The first kappa shape index (κ1) is 6.48. The molecule has 0 fully saturated rings. The predicted octanol–water partition coefficient (Wildman–Crippen LogP) is 0.783. The molecular formula is C6H6N4S. The SMILES string of the molecule is c1ncn(Cc2cscn2)n1. The van der Waals surface area contributed by atoms with E-state index in [1.165, 1.54) is 6.33 Å². The van der Waals surface area contributed by atoms with Crippen LogP contribution in [0.15, 0.2) is 23.5 Å². The highest BCUT2D eigenvalue weighted by molar-refractivity contribution is 7.07. The average Bonchev–Trinajstić information content (AvgIpc) is 2.60. The molecule has 56 valence electrons. The van der Waals surface area contributed by atoms with E-state index in [0.29, 0.717) is 6.54 Å². The third-order valence-corrected chi connectivity index (χ3v) is 1.91. The van der Waals surface area contributed by atoms with Gasteiger partial charge in [0.1, 0.15) is 12.7 Å². The second-order valence-electron chi connectivity index (χ2n) is 2.07. The molecule has 0 N–H and O–H groups in total. The highest BCUT2D eigenvalue weighted by Crippen LogP contribution is 2.01. The molecule has 0 aromatic carbocycles. The Morgan fingerprint density at radius 2 is 2.55 bits per heavy atom. The summed E-state index contributed by atoms with van der Waals surface area (Å²) >= 11 is 1.59. The van der Waals surface area contributed by atoms with Gasteiger partial charge in [-0.3, -0.25) is 0 Å². The Labute approximate surface area is 67.5 Å². The van der Waals surface area contributed by atoms with Gasteiger partial charge in [-0.25, -0.2) is 14.6 Å². The summed E-state index contributed by atoms with van der Waals surface area (Å²) in [6, 6.07) is 0. The van der Waals surface area contributed by atoms with Gasteiger partial charge in [0.25, 0.3) is 0 Å². The van der Waals surface area contributed by atoms with E-state index >= 15 is 0 Å². The van der Waals surface area contributed by atoms with Gasteiger partial charge in [-0.15, -0.1) is 11.3 Å². The van der Waals surface area contributed by atoms with Gasteiger partial charge >= 0.3 is 0 Å². The Hall–Kier alpha value is -1.23. The van der Waals surface area contributed by atoms with E-state index in [0.717, 1.165) is 5.69 Å². The third-order valence-electron chi connectivity index (χ3n) is 1.27. The van der Waals surface area contributed by atoms with Crippen LogP contribution in [0.25, 0.3) is 0 Å². The summed E-state index contributed by atoms with van der Waals surface area (Å²) in [6.45, 7) is 0.712. The lowest BCUT2D eigenvalue weighted by atomic mass is 10.5. The summed E-state index contributed by atoms with van der Waals surface area (Å²) in [5.41, 5.74) is 2.84. The van der Waals surface area contributed by atoms with Crippen molar-refractivity contribution in [2.45, 2.75) is 6.54 Å². The first-order chi connectivity index (χ1) is 5.45. The molecule has 0 aliphatic heterocycles. The van der Waals surface area contributed by atoms with Crippen molar-refractivity contribution in [3.63, 3.8) is 0 Å². The topological polar surface area (TPSA) is 43.6 Å². The zero-order valence-corrected chi connectivity index (χ0v) is 6.53. The molecule has 0 radical (unpaired) electrons. The number of nitrogens with zero attached hydrogens (tertiary/aromatic N) is 4. The zero-order chi connectivity index (χ0) is 7.52. The molecule has 2 heterocycles. The van der Waals surface area contributed by atoms with E-state index in [-0.39, 0.29) is 0 Å². The Bertz CT molecular complexity index is 267. The Kier molecular flexibility index (Phi) is 1.64. The van der Waals surface area contributed by atoms with E-state index in [1.54, 1.807) is 22.3 Å². The van der Waals surface area contributed by atoms with Gasteiger partial charge in [-0.2, -0.15) is 5.10 Å². The summed E-state index contributed by atoms with van der Waals surface area (Å²) in [4.78, 5) is 7.95. The minimum Gasteiger partial charge on any atom is -0.248 e. The molecule has 0 unspecified atom stereocenters. The summed E-state index contributed by atoms with van der Waals surface area (Å²) in [7, 11) is 0. The van der Waals surface area contributed by atoms with Crippen LogP contribution in [0.3, 0.4) is 0 Å². The van der Waals surface area contributed by atoms with Crippen molar-refractivity contribution < 1.29 is 0 Å². The van der Waals surface area contributed by atoms with Crippen LogP contribution in [0.2, 0.25) is 0 Å². The summed E-state index contributed by atoms with van der Waals surface area (Å²) in [6.07, 6.45) is 3.20. The molecule has 0 saturated heterocycles. The van der Waals surface area contributed by atoms with Gasteiger partial charge in [-0.1, -0.05) is 0 Å². The lowest BCUT2D eigenvalue weighted by Gasteiger charge is -1.93. The quantitative estimate of drug-likeness (QED) is 0.662. The smallest absolute Gasteiger partial charge is 0.137 e. The van der Waals surface area contributed by atoms with E-state index in [4.69, 9.17) is 0 Å². The third kappa shape index (κ3) is 1.43. The van der Waals surface area contributed by atoms with Gasteiger partial charge in [0, 0.05) is 5.38 Å². The highest BCUT2D eigenvalue weighted by Gasteiger charge is 1.95. The van der Waals surface area contributed by atoms with Crippen molar-refractivity contribution in [3.05, 3.63) is 29.2 Å². The number of rotatable bonds is 2. The molecule has 11 heavy (non-hydrogen) atoms. The molecule has 0 spiro atoms. The second-order valence-corrected chi connectivity index (χ2v) is 2.79. The fourth-order valence-electron chi connectivity index (χ4n) is 0.796. The minimum absolute atomic E-state index is 0.712. The fourth-order valence-corrected chi connectivity index (χ4v) is 1.35. The van der Waals surface area contributed by atoms with E-state index in [9.17, 15) is 0 Å². The number of aromatic nitrogens is 4. The lowest BCUT2D eigenvalue weighted by molar-refractivity contribution is 0.674. The van der Waals surface area contributed by atoms with E-state index in [1.807, 2.05) is 10.9 Å². The molecule has 0 bridgehead atoms. The maximum Gasteiger partial charge on any atom is 0.137 e. The summed E-state index contributed by atoms with van der Waals surface area (Å²) in [5.74, 6) is 0. The summed E-state index contributed by atoms with van der Waals surface area (Å²) in [5, 5.41) is 5.96. The molecule has 2 aromatic rings. The molecule has 0 aliphatic rings. The van der Waals surface area contributed by atoms with Crippen molar-refractivity contribution in [1.29, 1.82) is 0 Å². The Morgan fingerprint density at radius 1 is 1.55 bits per heavy atom. The van der Waals surface area contributed by atoms with Gasteiger partial charge in [-0.05, 0) is 0 Å². The Morgan fingerprint density at radius 3 is 3.18 bits per heavy atom. The van der Waals surface area contributed by atoms with Crippen LogP contribution in [0, 0.1) is 0 Å². The number of thiazole rings is 1. The Balaban J connectivity index is 2.14. The molecule has 4 nitrogen and oxygen atoms in total. The standard InChI is InChI=1S/C6H6N4S/c1(6-2-11-5-8-6)10-4-7-3-9-10/h2-5H,1H2. The molecule has 2 rings (SSSR count). The van der Waals surface area contributed by atoms with Crippen molar-refractivity contribution >= 4 is 11.3 Å². The van der Waals surface area contributed by atoms with Gasteiger partial charge in [0.15, 0.2) is 0 Å². The van der Waals surface area contributed by atoms with Crippen LogP contribution in [-0.2, 0) is 6.54 Å². The van der Waals surface area contributed by atoms with Crippen molar-refractivity contribution in [2.24, 2.45) is 0 Å². The number of hydrogen-bond acceptors (Lipinski definition) is 4. The maximum atomic E-state index is 4.12. The van der Waals surface area contributed by atoms with Crippen LogP contribution in [0.5, 0.6) is 0 Å². The predicted molar refractivity (Wildman–Crippen MR) is 41.2 cm³/mol. The van der Waals surface area contributed by atoms with E-state index in [2.05, 4.69) is 15.1 Å². The maximum absolute atomic E-state index is 4.12. The monoisotopic (exact) mass is 166 g/mol.